The number of aliphatic hydroxyl groups is 1. The number of piperidine rings is 1. The Hall–Kier alpha value is -3.99. The molecule has 4 N–H and O–H groups in total. The largest absolute Gasteiger partial charge is 0.491 e. The summed E-state index contributed by atoms with van der Waals surface area (Å²) in [5.74, 6) is -1.19. The van der Waals surface area contributed by atoms with Crippen LogP contribution in [0.5, 0.6) is 5.75 Å². The second-order valence-corrected chi connectivity index (χ2v) is 8.74. The number of hydrogen-bond donors (Lipinski definition) is 4. The number of nitrogens with zero attached hydrogens (tertiary/aromatic N) is 2. The lowest BCUT2D eigenvalue weighted by molar-refractivity contribution is -0.135. The molecule has 0 aliphatic carbocycles. The number of carbonyl (C=O) groups excluding carboxylic acids is 3. The highest BCUT2D eigenvalue weighted by molar-refractivity contribution is 6.07. The number of pyridine rings is 1. The second kappa shape index (κ2) is 11.4. The predicted molar refractivity (Wildman–Crippen MR) is 135 cm³/mol. The minimum atomic E-state index is -0.525. The maximum Gasteiger partial charge on any atom is 0.271 e. The van der Waals surface area contributed by atoms with E-state index < -0.39 is 18.3 Å². The molecule has 0 atom stereocenters. The first kappa shape index (κ1) is 26.1. The van der Waals surface area contributed by atoms with E-state index in [9.17, 15) is 18.8 Å². The Labute approximate surface area is 213 Å². The molecule has 4 rings (SSSR count). The number of hydrogen-bond acceptors (Lipinski definition) is 6. The number of nitrogens with one attached hydrogen (secondary N) is 3. The molecule has 196 valence electrons. The maximum absolute atomic E-state index is 13.3. The molecule has 1 saturated heterocycles. The van der Waals surface area contributed by atoms with Crippen LogP contribution in [-0.4, -0.2) is 70.0 Å². The summed E-state index contributed by atoms with van der Waals surface area (Å²) in [7, 11) is 0. The van der Waals surface area contributed by atoms with E-state index in [1.165, 1.54) is 24.3 Å². The number of aryl methyl sites for hydroxylation is 1. The van der Waals surface area contributed by atoms with Crippen molar-refractivity contribution in [2.45, 2.75) is 39.2 Å². The number of aromatic amines is 1. The zero-order valence-corrected chi connectivity index (χ0v) is 20.8. The average Bonchev–Trinajstić information content (AvgIpc) is 3.26. The monoisotopic (exact) mass is 511 g/mol. The number of aromatic nitrogens is 2. The van der Waals surface area contributed by atoms with Crippen LogP contribution in [0.3, 0.4) is 0 Å². The van der Waals surface area contributed by atoms with Gasteiger partial charge in [-0.25, -0.2) is 9.37 Å². The van der Waals surface area contributed by atoms with Crippen molar-refractivity contribution >= 4 is 34.4 Å². The zero-order chi connectivity index (χ0) is 26.5. The van der Waals surface area contributed by atoms with E-state index in [0.717, 1.165) is 0 Å². The number of likely N-dealkylation sites (tertiary alicyclic amines) is 1. The summed E-state index contributed by atoms with van der Waals surface area (Å²) in [6, 6.07) is 6.82. The van der Waals surface area contributed by atoms with Gasteiger partial charge >= 0.3 is 0 Å². The number of fused-ring (bicyclic) bond motifs is 1. The summed E-state index contributed by atoms with van der Waals surface area (Å²) < 4.78 is 19.1. The normalized spacial score (nSPS) is 14.0. The Morgan fingerprint density at radius 2 is 1.86 bits per heavy atom. The minimum Gasteiger partial charge on any atom is -0.491 e. The van der Waals surface area contributed by atoms with Gasteiger partial charge in [0, 0.05) is 24.7 Å². The fraction of sp³-hybridized carbons (Fsp3) is 0.385. The van der Waals surface area contributed by atoms with Crippen molar-refractivity contribution in [2.24, 2.45) is 0 Å². The molecule has 2 aromatic heterocycles. The third kappa shape index (κ3) is 5.72. The molecule has 1 aliphatic rings. The van der Waals surface area contributed by atoms with E-state index in [1.54, 1.807) is 17.9 Å². The number of ether oxygens (including phenoxy) is 1. The summed E-state index contributed by atoms with van der Waals surface area (Å²) in [4.78, 5) is 46.9. The SMILES string of the molecule is CCOc1c(C(=O)NC2CCN(C(=O)CO)CC2)[nH]c2nc(CC)c(NC(=O)c3ccc(F)cc3)cc12. The molecule has 37 heavy (non-hydrogen) atoms. The van der Waals surface area contributed by atoms with Gasteiger partial charge in [-0.1, -0.05) is 6.92 Å². The van der Waals surface area contributed by atoms with Gasteiger partial charge in [-0.05, 0) is 56.5 Å². The number of aliphatic hydroxyl groups excluding tert-OH is 1. The number of halogens is 1. The predicted octanol–water partition coefficient (Wildman–Crippen LogP) is 2.63. The molecule has 3 amide bonds. The van der Waals surface area contributed by atoms with Gasteiger partial charge in [0.25, 0.3) is 11.8 Å². The Bertz CT molecular complexity index is 1300. The van der Waals surface area contributed by atoms with Gasteiger partial charge in [-0.3, -0.25) is 14.4 Å². The number of anilines is 1. The highest BCUT2D eigenvalue weighted by atomic mass is 19.1. The number of benzene rings is 1. The molecule has 11 heteroatoms. The first-order valence-electron chi connectivity index (χ1n) is 12.3. The van der Waals surface area contributed by atoms with Crippen LogP contribution in [0.15, 0.2) is 30.3 Å². The van der Waals surface area contributed by atoms with Crippen LogP contribution in [-0.2, 0) is 11.2 Å². The van der Waals surface area contributed by atoms with Gasteiger partial charge in [0.1, 0.15) is 23.8 Å². The summed E-state index contributed by atoms with van der Waals surface area (Å²) >= 11 is 0. The third-order valence-electron chi connectivity index (χ3n) is 6.34. The second-order valence-electron chi connectivity index (χ2n) is 8.74. The molecule has 1 aliphatic heterocycles. The molecule has 10 nitrogen and oxygen atoms in total. The number of carbonyl (C=O) groups is 3. The first-order valence-corrected chi connectivity index (χ1v) is 12.3. The van der Waals surface area contributed by atoms with Crippen molar-refractivity contribution in [1.82, 2.24) is 20.2 Å². The van der Waals surface area contributed by atoms with E-state index in [4.69, 9.17) is 9.84 Å². The highest BCUT2D eigenvalue weighted by Crippen LogP contribution is 2.33. The lowest BCUT2D eigenvalue weighted by Gasteiger charge is -2.32. The molecule has 1 fully saturated rings. The van der Waals surface area contributed by atoms with E-state index in [0.29, 0.717) is 72.7 Å². The van der Waals surface area contributed by atoms with Crippen molar-refractivity contribution in [3.63, 3.8) is 0 Å². The smallest absolute Gasteiger partial charge is 0.271 e. The Morgan fingerprint density at radius 1 is 1.16 bits per heavy atom. The van der Waals surface area contributed by atoms with Gasteiger partial charge < -0.3 is 30.4 Å². The molecule has 3 aromatic rings. The van der Waals surface area contributed by atoms with E-state index >= 15 is 0 Å². The van der Waals surface area contributed by atoms with E-state index in [1.807, 2.05) is 6.92 Å². The van der Waals surface area contributed by atoms with Crippen LogP contribution < -0.4 is 15.4 Å². The van der Waals surface area contributed by atoms with Crippen LogP contribution in [0, 0.1) is 5.82 Å². The van der Waals surface area contributed by atoms with Crippen LogP contribution in [0.1, 0.15) is 53.2 Å². The van der Waals surface area contributed by atoms with Gasteiger partial charge in [0.2, 0.25) is 5.91 Å². The molecule has 0 spiro atoms. The standard InChI is InChI=1S/C26H30FN5O5/c1-3-19-20(30-25(35)15-5-7-16(27)8-6-15)13-18-23(37-4-2)22(31-24(18)29-19)26(36)28-17-9-11-32(12-10-17)21(34)14-33/h5-8,13,17,33H,3-4,9-12,14H2,1-2H3,(H,28,36)(H,29,31)(H,30,35). The van der Waals surface area contributed by atoms with Gasteiger partial charge in [0.05, 0.1) is 23.4 Å². The summed E-state index contributed by atoms with van der Waals surface area (Å²) in [5.41, 5.74) is 2.06. The zero-order valence-electron chi connectivity index (χ0n) is 20.8. The molecule has 0 unspecified atom stereocenters. The third-order valence-corrected chi connectivity index (χ3v) is 6.34. The van der Waals surface area contributed by atoms with Gasteiger partial charge in [-0.15, -0.1) is 0 Å². The molecular formula is C26H30FN5O5. The number of H-pyrrole nitrogens is 1. The lowest BCUT2D eigenvalue weighted by atomic mass is 10.0. The van der Waals surface area contributed by atoms with Gasteiger partial charge in [0.15, 0.2) is 5.75 Å². The average molecular weight is 512 g/mol. The van der Waals surface area contributed by atoms with Crippen molar-refractivity contribution in [1.29, 1.82) is 0 Å². The Morgan fingerprint density at radius 3 is 2.49 bits per heavy atom. The fourth-order valence-corrected chi connectivity index (χ4v) is 4.39. The quantitative estimate of drug-likeness (QED) is 0.367. The van der Waals surface area contributed by atoms with Crippen molar-refractivity contribution in [2.75, 3.05) is 31.6 Å². The maximum atomic E-state index is 13.3. The van der Waals surface area contributed by atoms with Crippen molar-refractivity contribution in [3.05, 3.63) is 53.1 Å². The van der Waals surface area contributed by atoms with Crippen LogP contribution in [0.25, 0.3) is 11.0 Å². The van der Waals surface area contributed by atoms with Crippen molar-refractivity contribution < 1.29 is 28.6 Å². The van der Waals surface area contributed by atoms with Gasteiger partial charge in [-0.2, -0.15) is 0 Å². The van der Waals surface area contributed by atoms with Crippen LogP contribution >= 0.6 is 0 Å². The van der Waals surface area contributed by atoms with Crippen LogP contribution in [0.2, 0.25) is 0 Å². The van der Waals surface area contributed by atoms with E-state index in [2.05, 4.69) is 20.6 Å². The first-order chi connectivity index (χ1) is 17.8. The molecule has 0 radical (unpaired) electrons. The fourth-order valence-electron chi connectivity index (χ4n) is 4.39. The Balaban J connectivity index is 1.58. The molecule has 1 aromatic carbocycles. The molecule has 0 saturated carbocycles. The summed E-state index contributed by atoms with van der Waals surface area (Å²) in [5, 5.41) is 15.4. The van der Waals surface area contributed by atoms with Crippen LogP contribution in [0.4, 0.5) is 10.1 Å². The molecule has 3 heterocycles. The van der Waals surface area contributed by atoms with E-state index in [-0.39, 0.29) is 23.6 Å². The topological polar surface area (TPSA) is 137 Å². The molecular weight excluding hydrogens is 481 g/mol. The lowest BCUT2D eigenvalue weighted by Crippen LogP contribution is -2.47. The summed E-state index contributed by atoms with van der Waals surface area (Å²) in [6.07, 6.45) is 1.66. The summed E-state index contributed by atoms with van der Waals surface area (Å²) in [6.45, 7) is 4.39. The minimum absolute atomic E-state index is 0.138. The number of amides is 3. The van der Waals surface area contributed by atoms with Crippen molar-refractivity contribution in [3.8, 4) is 5.75 Å². The highest BCUT2D eigenvalue weighted by Gasteiger charge is 2.27. The Kier molecular flexibility index (Phi) is 8.02. The molecule has 0 bridgehead atoms. The number of rotatable bonds is 8.